The molecule has 0 amide bonds. The average Bonchev–Trinajstić information content (AvgIpc) is 3.18. The lowest BCUT2D eigenvalue weighted by atomic mass is 10.0. The van der Waals surface area contributed by atoms with Gasteiger partial charge in [0.2, 0.25) is 0 Å². The van der Waals surface area contributed by atoms with Gasteiger partial charge in [-0.2, -0.15) is 0 Å². The van der Waals surface area contributed by atoms with Gasteiger partial charge in [-0.1, -0.05) is 13.8 Å². The number of methoxy groups -OCH3 is 1. The Kier molecular flexibility index (Phi) is 10.3. The molecule has 0 saturated carbocycles. The van der Waals surface area contributed by atoms with E-state index in [2.05, 4.69) is 48.3 Å². The van der Waals surface area contributed by atoms with Crippen LogP contribution in [-0.2, 0) is 16.0 Å². The fraction of sp³-hybridized carbons (Fsp3) is 0.810. The molecule has 0 bridgehead atoms. The zero-order valence-corrected chi connectivity index (χ0v) is 19.8. The van der Waals surface area contributed by atoms with Gasteiger partial charge in [-0.3, -0.25) is 9.89 Å². The second-order valence-corrected chi connectivity index (χ2v) is 8.93. The Labute approximate surface area is 180 Å². The second-order valence-electron chi connectivity index (χ2n) is 8.04. The maximum atomic E-state index is 5.54. The van der Waals surface area contributed by atoms with Crippen LogP contribution in [0.3, 0.4) is 0 Å². The monoisotopic (exact) mass is 425 g/mol. The van der Waals surface area contributed by atoms with Crippen LogP contribution in [0.4, 0.5) is 0 Å². The first kappa shape index (κ1) is 24.1. The van der Waals surface area contributed by atoms with Gasteiger partial charge in [0.1, 0.15) is 11.1 Å². The Balaban J connectivity index is 2.04. The Bertz CT molecular complexity index is 616. The number of nitrogens with zero attached hydrogens (tertiary/aromatic N) is 4. The Morgan fingerprint density at radius 3 is 2.72 bits per heavy atom. The van der Waals surface area contributed by atoms with Crippen LogP contribution in [0.2, 0.25) is 0 Å². The number of guanidine groups is 1. The van der Waals surface area contributed by atoms with Crippen LogP contribution in [0.5, 0.6) is 0 Å². The summed E-state index contributed by atoms with van der Waals surface area (Å²) in [5.41, 5.74) is 1.05. The second kappa shape index (κ2) is 12.5. The van der Waals surface area contributed by atoms with Gasteiger partial charge in [-0.25, -0.2) is 4.98 Å². The van der Waals surface area contributed by atoms with Crippen molar-refractivity contribution in [1.29, 1.82) is 0 Å². The number of aliphatic imine (C=N–C) groups is 1. The molecule has 7 nitrogen and oxygen atoms in total. The van der Waals surface area contributed by atoms with E-state index >= 15 is 0 Å². The fourth-order valence-corrected chi connectivity index (χ4v) is 4.33. The average molecular weight is 426 g/mol. The van der Waals surface area contributed by atoms with Crippen molar-refractivity contribution in [3.05, 3.63) is 16.1 Å². The molecule has 1 saturated heterocycles. The van der Waals surface area contributed by atoms with E-state index in [9.17, 15) is 0 Å². The number of rotatable bonds is 10. The number of hydrogen-bond acceptors (Lipinski definition) is 6. The first-order chi connectivity index (χ1) is 13.9. The predicted molar refractivity (Wildman–Crippen MR) is 121 cm³/mol. The molecule has 0 aromatic carbocycles. The van der Waals surface area contributed by atoms with Crippen molar-refractivity contribution in [3.63, 3.8) is 0 Å². The summed E-state index contributed by atoms with van der Waals surface area (Å²) in [7, 11) is 3.79. The maximum absolute atomic E-state index is 5.54. The first-order valence-corrected chi connectivity index (χ1v) is 11.6. The summed E-state index contributed by atoms with van der Waals surface area (Å²) >= 11 is 1.65. The molecule has 2 heterocycles. The number of ether oxygens (including phenoxy) is 2. The van der Waals surface area contributed by atoms with Crippen LogP contribution < -0.4 is 5.32 Å². The number of morpholine rings is 1. The molecule has 2 unspecified atom stereocenters. The Morgan fingerprint density at radius 2 is 2.10 bits per heavy atom. The lowest BCUT2D eigenvalue weighted by Gasteiger charge is -2.35. The Hall–Kier alpha value is -1.22. The molecule has 0 radical (unpaired) electrons. The molecule has 1 fully saturated rings. The topological polar surface area (TPSA) is 62.2 Å². The molecule has 0 aliphatic carbocycles. The third kappa shape index (κ3) is 7.85. The van der Waals surface area contributed by atoms with Gasteiger partial charge in [0.05, 0.1) is 32.0 Å². The minimum atomic E-state index is 0.0336. The normalized spacial score (nSPS) is 18.1. The maximum Gasteiger partial charge on any atom is 0.194 e. The first-order valence-electron chi connectivity index (χ1n) is 10.7. The largest absolute Gasteiger partial charge is 0.379 e. The smallest absolute Gasteiger partial charge is 0.194 e. The minimum absolute atomic E-state index is 0.0336. The lowest BCUT2D eigenvalue weighted by molar-refractivity contribution is 0.0142. The van der Waals surface area contributed by atoms with Crippen LogP contribution >= 0.6 is 11.3 Å². The zero-order valence-electron chi connectivity index (χ0n) is 19.0. The zero-order chi connectivity index (χ0) is 21.2. The third-order valence-corrected chi connectivity index (χ3v) is 6.18. The van der Waals surface area contributed by atoms with Gasteiger partial charge in [-0.15, -0.1) is 11.3 Å². The van der Waals surface area contributed by atoms with Crippen LogP contribution in [0.25, 0.3) is 0 Å². The van der Waals surface area contributed by atoms with Crippen molar-refractivity contribution in [3.8, 4) is 0 Å². The van der Waals surface area contributed by atoms with E-state index in [-0.39, 0.29) is 6.10 Å². The molecule has 1 aromatic rings. The lowest BCUT2D eigenvalue weighted by Crippen LogP contribution is -2.46. The number of hydrogen-bond donors (Lipinski definition) is 1. The van der Waals surface area contributed by atoms with Crippen molar-refractivity contribution in [1.82, 2.24) is 20.1 Å². The van der Waals surface area contributed by atoms with E-state index in [0.717, 1.165) is 69.0 Å². The molecule has 2 rings (SSSR count). The third-order valence-electron chi connectivity index (χ3n) is 5.12. The quantitative estimate of drug-likeness (QED) is 0.459. The molecular weight excluding hydrogens is 386 g/mol. The van der Waals surface area contributed by atoms with Gasteiger partial charge >= 0.3 is 0 Å². The molecule has 2 atom stereocenters. The highest BCUT2D eigenvalue weighted by Crippen LogP contribution is 2.21. The summed E-state index contributed by atoms with van der Waals surface area (Å²) in [5, 5.41) is 6.57. The van der Waals surface area contributed by atoms with Crippen LogP contribution in [-0.4, -0.2) is 80.3 Å². The highest BCUT2D eigenvalue weighted by molar-refractivity contribution is 7.09. The standard InChI is InChI=1S/C21H39N5O2S/c1-7-22-21(25(5)14-18-15-29-20(24-18)17(4)27-6)23-13-19(12-16(2)3)26-8-10-28-11-9-26/h15-17,19H,7-14H2,1-6H3,(H,22,23). The van der Waals surface area contributed by atoms with Gasteiger partial charge in [0.15, 0.2) is 5.96 Å². The van der Waals surface area contributed by atoms with Crippen molar-refractivity contribution < 1.29 is 9.47 Å². The molecule has 1 aromatic heterocycles. The van der Waals surface area contributed by atoms with Crippen molar-refractivity contribution in [2.45, 2.75) is 52.8 Å². The van der Waals surface area contributed by atoms with Crippen molar-refractivity contribution in [2.24, 2.45) is 10.9 Å². The molecule has 166 valence electrons. The summed E-state index contributed by atoms with van der Waals surface area (Å²) < 4.78 is 10.9. The predicted octanol–water partition coefficient (Wildman–Crippen LogP) is 2.99. The fourth-order valence-electron chi connectivity index (χ4n) is 3.49. The van der Waals surface area contributed by atoms with Crippen LogP contribution in [0.1, 0.15) is 50.9 Å². The summed E-state index contributed by atoms with van der Waals surface area (Å²) in [6.45, 7) is 14.7. The van der Waals surface area contributed by atoms with Crippen molar-refractivity contribution >= 4 is 17.3 Å². The molecule has 1 N–H and O–H groups in total. The minimum Gasteiger partial charge on any atom is -0.379 e. The van der Waals surface area contributed by atoms with Gasteiger partial charge in [-0.05, 0) is 26.2 Å². The molecule has 0 spiro atoms. The summed E-state index contributed by atoms with van der Waals surface area (Å²) in [6.07, 6.45) is 1.18. The van der Waals surface area contributed by atoms with E-state index in [1.807, 2.05) is 6.92 Å². The number of nitrogens with one attached hydrogen (secondary N) is 1. The van der Waals surface area contributed by atoms with Crippen LogP contribution in [0.15, 0.2) is 10.4 Å². The molecule has 1 aliphatic rings. The highest BCUT2D eigenvalue weighted by Gasteiger charge is 2.22. The van der Waals surface area contributed by atoms with E-state index in [0.29, 0.717) is 12.0 Å². The molecular formula is C21H39N5O2S. The van der Waals surface area contributed by atoms with E-state index in [1.165, 1.54) is 0 Å². The van der Waals surface area contributed by atoms with E-state index in [1.54, 1.807) is 18.4 Å². The van der Waals surface area contributed by atoms with Gasteiger partial charge < -0.3 is 19.7 Å². The van der Waals surface area contributed by atoms with Gasteiger partial charge in [0.25, 0.3) is 0 Å². The Morgan fingerprint density at radius 1 is 1.38 bits per heavy atom. The summed E-state index contributed by atoms with van der Waals surface area (Å²) in [5.74, 6) is 1.58. The SMILES string of the molecule is CCNC(=NCC(CC(C)C)N1CCOCC1)N(C)Cc1csc(C(C)OC)n1. The van der Waals surface area contributed by atoms with E-state index < -0.39 is 0 Å². The summed E-state index contributed by atoms with van der Waals surface area (Å²) in [6, 6.07) is 0.453. The summed E-state index contributed by atoms with van der Waals surface area (Å²) in [4.78, 5) is 14.4. The van der Waals surface area contributed by atoms with Crippen molar-refractivity contribution in [2.75, 3.05) is 53.6 Å². The molecule has 8 heteroatoms. The number of aromatic nitrogens is 1. The molecule has 29 heavy (non-hydrogen) atoms. The van der Waals surface area contributed by atoms with Gasteiger partial charge in [0, 0.05) is 45.2 Å². The molecule has 1 aliphatic heterocycles. The number of thiazole rings is 1. The van der Waals surface area contributed by atoms with E-state index in [4.69, 9.17) is 19.5 Å². The highest BCUT2D eigenvalue weighted by atomic mass is 32.1. The van der Waals surface area contributed by atoms with Crippen LogP contribution in [0, 0.1) is 5.92 Å².